The van der Waals surface area contributed by atoms with Gasteiger partial charge >= 0.3 is 10.4 Å². The van der Waals surface area contributed by atoms with E-state index in [1.807, 2.05) is 26.8 Å². The molecule has 144 valence electrons. The number of nitrogens with two attached hydrogens (primary N) is 1. The zero-order chi connectivity index (χ0) is 19.3. The predicted octanol–water partition coefficient (Wildman–Crippen LogP) is 2.93. The van der Waals surface area contributed by atoms with E-state index in [4.69, 9.17) is 22.5 Å². The Balaban J connectivity index is 2.14. The third-order valence-electron chi connectivity index (χ3n) is 4.04. The fourth-order valence-electron chi connectivity index (χ4n) is 2.71. The molecule has 1 aromatic carbocycles. The number of benzene rings is 1. The van der Waals surface area contributed by atoms with Crippen molar-refractivity contribution in [1.29, 1.82) is 0 Å². The van der Waals surface area contributed by atoms with Crippen LogP contribution in [-0.2, 0) is 17.7 Å². The fraction of sp³-hybridized carbons (Fsp3) is 0.438. The maximum Gasteiger partial charge on any atom is 0.437 e. The van der Waals surface area contributed by atoms with Crippen molar-refractivity contribution in [3.05, 3.63) is 35.5 Å². The highest BCUT2D eigenvalue weighted by atomic mass is 32.4. The topological polar surface area (TPSA) is 109 Å². The average molecular weight is 402 g/mol. The number of methoxy groups -OCH3 is 2. The highest BCUT2D eigenvalue weighted by molar-refractivity contribution is 8.46. The summed E-state index contributed by atoms with van der Waals surface area (Å²) in [5.74, 6) is 1.06. The minimum Gasteiger partial charge on any atom is -0.493 e. The summed E-state index contributed by atoms with van der Waals surface area (Å²) in [5.41, 5.74) is 7.28. The van der Waals surface area contributed by atoms with Gasteiger partial charge in [0.25, 0.3) is 0 Å². The number of nitrogens with zero attached hydrogens (tertiary/aromatic N) is 1. The third kappa shape index (κ3) is 3.07. The van der Waals surface area contributed by atoms with E-state index in [9.17, 15) is 8.42 Å². The van der Waals surface area contributed by atoms with Gasteiger partial charge in [-0.1, -0.05) is 37.4 Å². The first-order valence-electron chi connectivity index (χ1n) is 7.80. The summed E-state index contributed by atoms with van der Waals surface area (Å²) in [4.78, 5) is 4.37. The van der Waals surface area contributed by atoms with Crippen molar-refractivity contribution in [2.45, 2.75) is 26.0 Å². The molecule has 1 aromatic rings. The number of aliphatic imine (C=N–C) groups is 1. The van der Waals surface area contributed by atoms with Gasteiger partial charge in [0.2, 0.25) is 5.17 Å². The lowest BCUT2D eigenvalue weighted by Crippen LogP contribution is -2.42. The number of hydrogen-bond acceptors (Lipinski definition) is 8. The van der Waals surface area contributed by atoms with Crippen LogP contribution in [0.15, 0.2) is 35.0 Å². The van der Waals surface area contributed by atoms with Gasteiger partial charge in [0.1, 0.15) is 5.25 Å². The lowest BCUT2D eigenvalue weighted by Gasteiger charge is -2.51. The molecule has 2 heterocycles. The third-order valence-corrected chi connectivity index (χ3v) is 8.74. The van der Waals surface area contributed by atoms with Crippen molar-refractivity contribution in [3.63, 3.8) is 0 Å². The number of amidine groups is 1. The van der Waals surface area contributed by atoms with Crippen molar-refractivity contribution in [2.75, 3.05) is 14.2 Å². The molecule has 2 aliphatic rings. The van der Waals surface area contributed by atoms with E-state index in [1.54, 1.807) is 18.2 Å². The molecule has 0 bridgehead atoms. The molecule has 0 aromatic heterocycles. The highest BCUT2D eigenvalue weighted by Crippen LogP contribution is 2.73. The molecule has 0 amide bonds. The predicted molar refractivity (Wildman–Crippen MR) is 100 cm³/mol. The van der Waals surface area contributed by atoms with Gasteiger partial charge in [0, 0.05) is 11.1 Å². The van der Waals surface area contributed by atoms with Crippen LogP contribution in [0.3, 0.4) is 0 Å². The average Bonchev–Trinajstić information content (AvgIpc) is 2.53. The molecule has 26 heavy (non-hydrogen) atoms. The largest absolute Gasteiger partial charge is 0.493 e. The molecule has 1 saturated heterocycles. The van der Waals surface area contributed by atoms with E-state index < -0.39 is 26.2 Å². The number of hydrogen-bond donors (Lipinski definition) is 1. The van der Waals surface area contributed by atoms with E-state index in [0.29, 0.717) is 11.5 Å². The molecule has 8 nitrogen and oxygen atoms in total. The van der Waals surface area contributed by atoms with Crippen LogP contribution in [0, 0.1) is 5.41 Å². The van der Waals surface area contributed by atoms with Gasteiger partial charge in [-0.3, -0.25) is 0 Å². The quantitative estimate of drug-likeness (QED) is 0.828. The van der Waals surface area contributed by atoms with E-state index >= 15 is 0 Å². The zero-order valence-corrected chi connectivity index (χ0v) is 16.8. The molecule has 1 unspecified atom stereocenters. The Morgan fingerprint density at radius 1 is 1.12 bits per heavy atom. The highest BCUT2D eigenvalue weighted by Gasteiger charge is 2.55. The summed E-state index contributed by atoms with van der Waals surface area (Å²) in [5, 5.41) is -0.503. The second-order valence-corrected chi connectivity index (χ2v) is 10.8. The van der Waals surface area contributed by atoms with Gasteiger partial charge in [-0.2, -0.15) is 8.42 Å². The Bertz CT molecular complexity index is 890. The molecule has 1 spiro atoms. The Kier molecular flexibility index (Phi) is 4.50. The SMILES string of the molecule is COc1ccc(C2C=C(C(C)(C)C)N=C(N)S23OS(=O)(=O)O3)cc1OC. The molecule has 2 N–H and O–H groups in total. The molecule has 2 aliphatic heterocycles. The number of rotatable bonds is 3. The van der Waals surface area contributed by atoms with Crippen molar-refractivity contribution in [3.8, 4) is 11.5 Å². The molecule has 0 aliphatic carbocycles. The van der Waals surface area contributed by atoms with Crippen molar-refractivity contribution >= 4 is 26.2 Å². The van der Waals surface area contributed by atoms with E-state index in [1.165, 1.54) is 14.2 Å². The van der Waals surface area contributed by atoms with Crippen molar-refractivity contribution in [2.24, 2.45) is 16.1 Å². The first kappa shape index (κ1) is 19.0. The van der Waals surface area contributed by atoms with Gasteiger partial charge in [-0.25, -0.2) is 4.99 Å². The summed E-state index contributed by atoms with van der Waals surface area (Å²) in [7, 11) is -3.74. The molecule has 0 saturated carbocycles. The van der Waals surface area contributed by atoms with Crippen LogP contribution in [0.4, 0.5) is 0 Å². The van der Waals surface area contributed by atoms with Crippen LogP contribution in [0.5, 0.6) is 11.5 Å². The van der Waals surface area contributed by atoms with Crippen LogP contribution in [0.25, 0.3) is 0 Å². The zero-order valence-electron chi connectivity index (χ0n) is 15.2. The molecule has 10 heteroatoms. The normalized spacial score (nSPS) is 24.9. The fourth-order valence-corrected chi connectivity index (χ4v) is 7.27. The standard InChI is InChI=1S/C16H22N2O6S2/c1-16(2,3)14-9-13(10-6-7-11(21-4)12(8-10)22-5)25(15(17)18-14)23-26(19,20)24-25/h6-9,13H,1-5H3,(H2,17,18). The Morgan fingerprint density at radius 3 is 2.23 bits per heavy atom. The van der Waals surface area contributed by atoms with Gasteiger partial charge in [-0.05, 0) is 23.8 Å². The Labute approximate surface area is 155 Å². The second-order valence-electron chi connectivity index (χ2n) is 6.88. The van der Waals surface area contributed by atoms with Crippen molar-refractivity contribution in [1.82, 2.24) is 0 Å². The van der Waals surface area contributed by atoms with Crippen LogP contribution in [0.2, 0.25) is 0 Å². The summed E-state index contributed by atoms with van der Waals surface area (Å²) < 4.78 is 44.2. The lowest BCUT2D eigenvalue weighted by atomic mass is 9.91. The summed E-state index contributed by atoms with van der Waals surface area (Å²) in [6.07, 6.45) is 1.85. The minimum atomic E-state index is -4.05. The minimum absolute atomic E-state index is 0.0412. The smallest absolute Gasteiger partial charge is 0.437 e. The van der Waals surface area contributed by atoms with Gasteiger partial charge < -0.3 is 15.2 Å². The van der Waals surface area contributed by atoms with Crippen LogP contribution < -0.4 is 15.2 Å². The molecule has 1 fully saturated rings. The maximum atomic E-state index is 11.6. The summed E-state index contributed by atoms with van der Waals surface area (Å²) in [6, 6.07) is 5.29. The van der Waals surface area contributed by atoms with Gasteiger partial charge in [-0.15, -0.1) is 7.26 Å². The van der Waals surface area contributed by atoms with E-state index in [2.05, 4.69) is 4.99 Å². The van der Waals surface area contributed by atoms with Gasteiger partial charge in [0.05, 0.1) is 14.2 Å². The molecule has 0 radical (unpaired) electrons. The van der Waals surface area contributed by atoms with E-state index in [-0.39, 0.29) is 10.6 Å². The Morgan fingerprint density at radius 2 is 1.73 bits per heavy atom. The summed E-state index contributed by atoms with van der Waals surface area (Å²) >= 11 is 0. The first-order valence-corrected chi connectivity index (χ1v) is 10.7. The van der Waals surface area contributed by atoms with Gasteiger partial charge in [0.15, 0.2) is 11.5 Å². The van der Waals surface area contributed by atoms with Crippen LogP contribution in [0.1, 0.15) is 31.6 Å². The molecular weight excluding hydrogens is 380 g/mol. The number of allylic oxidation sites excluding steroid dienone is 1. The maximum absolute atomic E-state index is 11.6. The molecule has 3 rings (SSSR count). The van der Waals surface area contributed by atoms with Crippen LogP contribution in [-0.4, -0.2) is 27.8 Å². The lowest BCUT2D eigenvalue weighted by molar-refractivity contribution is 0.345. The second kappa shape index (κ2) is 6.15. The Hall–Kier alpha value is -1.75. The monoisotopic (exact) mass is 402 g/mol. The van der Waals surface area contributed by atoms with E-state index in [0.717, 1.165) is 11.3 Å². The summed E-state index contributed by atoms with van der Waals surface area (Å²) in [6.45, 7) is 5.98. The van der Waals surface area contributed by atoms with Crippen LogP contribution >= 0.6 is 10.6 Å². The number of ether oxygens (including phenoxy) is 2. The first-order chi connectivity index (χ1) is 12.0. The molecular formula is C16H22N2O6S2. The van der Waals surface area contributed by atoms with Crippen molar-refractivity contribution < 1.29 is 25.2 Å². The molecule has 1 atom stereocenters.